The van der Waals surface area contributed by atoms with Crippen LogP contribution in [0.2, 0.25) is 5.02 Å². The lowest BCUT2D eigenvalue weighted by Gasteiger charge is -2.05. The van der Waals surface area contributed by atoms with Gasteiger partial charge in [-0.3, -0.25) is 9.59 Å². The van der Waals surface area contributed by atoms with Gasteiger partial charge in [0.2, 0.25) is 0 Å². The Bertz CT molecular complexity index is 750. The first kappa shape index (κ1) is 17.2. The van der Waals surface area contributed by atoms with Crippen LogP contribution < -0.4 is 10.7 Å². The Morgan fingerprint density at radius 2 is 1.83 bits per heavy atom. The van der Waals surface area contributed by atoms with Crippen molar-refractivity contribution in [3.63, 3.8) is 0 Å². The van der Waals surface area contributed by atoms with E-state index in [0.29, 0.717) is 20.6 Å². The summed E-state index contributed by atoms with van der Waals surface area (Å²) in [6.07, 6.45) is 1.44. The number of carbonyl (C=O) groups is 2. The largest absolute Gasteiger partial charge is 0.343 e. The van der Waals surface area contributed by atoms with E-state index in [-0.39, 0.29) is 12.5 Å². The molecule has 0 unspecified atom stereocenters. The summed E-state index contributed by atoms with van der Waals surface area (Å²) in [6, 6.07) is 14.1. The van der Waals surface area contributed by atoms with Crippen LogP contribution in [0.25, 0.3) is 0 Å². The van der Waals surface area contributed by atoms with Crippen LogP contribution in [0, 0.1) is 0 Å². The minimum Gasteiger partial charge on any atom is -0.343 e. The lowest BCUT2D eigenvalue weighted by atomic mass is 10.2. The van der Waals surface area contributed by atoms with Gasteiger partial charge >= 0.3 is 0 Å². The minimum absolute atomic E-state index is 0.181. The zero-order valence-corrected chi connectivity index (χ0v) is 14.3. The van der Waals surface area contributed by atoms with Gasteiger partial charge in [-0.15, -0.1) is 0 Å². The number of carbonyl (C=O) groups excluding carboxylic acids is 2. The minimum atomic E-state index is -0.436. The number of hydrogen-bond acceptors (Lipinski definition) is 3. The average Bonchev–Trinajstić information content (AvgIpc) is 2.55. The summed E-state index contributed by atoms with van der Waals surface area (Å²) in [6.45, 7) is -0.181. The molecule has 0 aliphatic rings. The van der Waals surface area contributed by atoms with E-state index >= 15 is 0 Å². The molecule has 0 heterocycles. The lowest BCUT2D eigenvalue weighted by molar-refractivity contribution is -0.120. The fourth-order valence-corrected chi connectivity index (χ4v) is 2.34. The number of hydrazone groups is 1. The van der Waals surface area contributed by atoms with Crippen molar-refractivity contribution >= 4 is 45.6 Å². The zero-order chi connectivity index (χ0) is 16.7. The van der Waals surface area contributed by atoms with E-state index in [4.69, 9.17) is 11.6 Å². The molecule has 2 aromatic carbocycles. The summed E-state index contributed by atoms with van der Waals surface area (Å²) in [5.74, 6) is -0.781. The highest BCUT2D eigenvalue weighted by Crippen LogP contribution is 2.15. The maximum Gasteiger partial charge on any atom is 0.259 e. The van der Waals surface area contributed by atoms with E-state index in [9.17, 15) is 9.59 Å². The molecule has 2 amide bonds. The van der Waals surface area contributed by atoms with Gasteiger partial charge in [0.1, 0.15) is 0 Å². The third-order valence-corrected chi connectivity index (χ3v) is 3.86. The van der Waals surface area contributed by atoms with Crippen LogP contribution in [0.15, 0.2) is 58.1 Å². The van der Waals surface area contributed by atoms with Crippen molar-refractivity contribution in [2.45, 2.75) is 0 Å². The number of halogens is 2. The molecule has 0 radical (unpaired) electrons. The fraction of sp³-hybridized carbons (Fsp3) is 0.0625. The van der Waals surface area contributed by atoms with Crippen molar-refractivity contribution in [1.82, 2.24) is 10.7 Å². The summed E-state index contributed by atoms with van der Waals surface area (Å²) in [7, 11) is 0. The molecule has 7 heteroatoms. The summed E-state index contributed by atoms with van der Waals surface area (Å²) in [4.78, 5) is 23.6. The van der Waals surface area contributed by atoms with E-state index in [2.05, 4.69) is 31.8 Å². The molecular formula is C16H13BrClN3O2. The molecule has 0 aliphatic carbocycles. The molecule has 0 spiro atoms. The topological polar surface area (TPSA) is 70.6 Å². The van der Waals surface area contributed by atoms with Crippen LogP contribution >= 0.6 is 27.5 Å². The van der Waals surface area contributed by atoms with Crippen molar-refractivity contribution < 1.29 is 9.59 Å². The Balaban J connectivity index is 1.83. The second-order valence-electron chi connectivity index (χ2n) is 4.48. The van der Waals surface area contributed by atoms with E-state index < -0.39 is 5.91 Å². The monoisotopic (exact) mass is 393 g/mol. The number of hydrogen-bond donors (Lipinski definition) is 2. The van der Waals surface area contributed by atoms with Gasteiger partial charge in [-0.25, -0.2) is 5.43 Å². The molecule has 0 saturated carbocycles. The van der Waals surface area contributed by atoms with Crippen LogP contribution in [0.4, 0.5) is 0 Å². The SMILES string of the molecule is O=C(CNC(=O)c1ccccc1Br)N/N=C/c1ccccc1Cl. The third-order valence-electron chi connectivity index (χ3n) is 2.83. The molecule has 23 heavy (non-hydrogen) atoms. The second-order valence-corrected chi connectivity index (χ2v) is 5.74. The number of nitrogens with one attached hydrogen (secondary N) is 2. The first-order chi connectivity index (χ1) is 11.1. The number of amides is 2. The van der Waals surface area contributed by atoms with E-state index in [0.717, 1.165) is 0 Å². The highest BCUT2D eigenvalue weighted by molar-refractivity contribution is 9.10. The molecular weight excluding hydrogens is 382 g/mol. The van der Waals surface area contributed by atoms with Gasteiger partial charge in [-0.2, -0.15) is 5.10 Å². The molecule has 5 nitrogen and oxygen atoms in total. The molecule has 0 aliphatic heterocycles. The molecule has 118 valence electrons. The van der Waals surface area contributed by atoms with Gasteiger partial charge < -0.3 is 5.32 Å². The molecule has 0 atom stereocenters. The Morgan fingerprint density at radius 3 is 2.57 bits per heavy atom. The van der Waals surface area contributed by atoms with Gasteiger partial charge in [0.05, 0.1) is 18.3 Å². The number of benzene rings is 2. The Morgan fingerprint density at radius 1 is 1.13 bits per heavy atom. The van der Waals surface area contributed by atoms with E-state index in [1.807, 2.05) is 6.07 Å². The predicted molar refractivity (Wildman–Crippen MR) is 93.7 cm³/mol. The molecule has 2 rings (SSSR count). The van der Waals surface area contributed by atoms with Crippen molar-refractivity contribution in [3.8, 4) is 0 Å². The quantitative estimate of drug-likeness (QED) is 0.604. The summed E-state index contributed by atoms with van der Waals surface area (Å²) in [5.41, 5.74) is 3.47. The fourth-order valence-electron chi connectivity index (χ4n) is 1.69. The first-order valence-corrected chi connectivity index (χ1v) is 7.84. The van der Waals surface area contributed by atoms with Crippen molar-refractivity contribution in [1.29, 1.82) is 0 Å². The maximum absolute atomic E-state index is 11.9. The number of rotatable bonds is 5. The van der Waals surface area contributed by atoms with Crippen molar-refractivity contribution in [2.75, 3.05) is 6.54 Å². The van der Waals surface area contributed by atoms with Gasteiger partial charge in [0.25, 0.3) is 11.8 Å². The predicted octanol–water partition coefficient (Wildman–Crippen LogP) is 2.98. The van der Waals surface area contributed by atoms with Crippen LogP contribution in [-0.2, 0) is 4.79 Å². The maximum atomic E-state index is 11.9. The molecule has 0 saturated heterocycles. The third kappa shape index (κ3) is 5.19. The molecule has 0 bridgehead atoms. The zero-order valence-electron chi connectivity index (χ0n) is 11.9. The van der Waals surface area contributed by atoms with Gasteiger partial charge in [-0.05, 0) is 34.1 Å². The van der Waals surface area contributed by atoms with Crippen LogP contribution in [-0.4, -0.2) is 24.6 Å². The van der Waals surface area contributed by atoms with E-state index in [1.54, 1.807) is 42.5 Å². The van der Waals surface area contributed by atoms with Crippen molar-refractivity contribution in [2.24, 2.45) is 5.10 Å². The molecule has 2 N–H and O–H groups in total. The van der Waals surface area contributed by atoms with Crippen molar-refractivity contribution in [3.05, 3.63) is 69.2 Å². The van der Waals surface area contributed by atoms with Gasteiger partial charge in [0, 0.05) is 15.1 Å². The van der Waals surface area contributed by atoms with Crippen LogP contribution in [0.5, 0.6) is 0 Å². The molecule has 2 aromatic rings. The normalized spacial score (nSPS) is 10.5. The lowest BCUT2D eigenvalue weighted by Crippen LogP contribution is -2.35. The van der Waals surface area contributed by atoms with Crippen LogP contribution in [0.1, 0.15) is 15.9 Å². The first-order valence-electron chi connectivity index (χ1n) is 6.67. The van der Waals surface area contributed by atoms with E-state index in [1.165, 1.54) is 6.21 Å². The van der Waals surface area contributed by atoms with Crippen LogP contribution in [0.3, 0.4) is 0 Å². The molecule has 0 fully saturated rings. The Hall–Kier alpha value is -2.18. The van der Waals surface area contributed by atoms with Gasteiger partial charge in [0.15, 0.2) is 0 Å². The second kappa shape index (κ2) is 8.45. The highest BCUT2D eigenvalue weighted by atomic mass is 79.9. The Kier molecular flexibility index (Phi) is 6.31. The summed E-state index contributed by atoms with van der Waals surface area (Å²) in [5, 5.41) is 6.85. The number of nitrogens with zero attached hydrogens (tertiary/aromatic N) is 1. The Labute approximate surface area is 146 Å². The summed E-state index contributed by atoms with van der Waals surface area (Å²) < 4.78 is 0.662. The smallest absolute Gasteiger partial charge is 0.259 e. The highest BCUT2D eigenvalue weighted by Gasteiger charge is 2.10. The molecule has 0 aromatic heterocycles. The average molecular weight is 395 g/mol. The summed E-state index contributed by atoms with van der Waals surface area (Å²) >= 11 is 9.24. The standard InChI is InChI=1S/C16H13BrClN3O2/c17-13-7-3-2-6-12(13)16(23)19-10-15(22)21-20-9-11-5-1-4-8-14(11)18/h1-9H,10H2,(H,19,23)(H,21,22)/b20-9+. The van der Waals surface area contributed by atoms with Gasteiger partial charge in [-0.1, -0.05) is 41.9 Å².